The first-order valence-corrected chi connectivity index (χ1v) is 6.37. The van der Waals surface area contributed by atoms with Gasteiger partial charge in [-0.3, -0.25) is 0 Å². The Balaban J connectivity index is 1.79. The van der Waals surface area contributed by atoms with Gasteiger partial charge in [-0.25, -0.2) is 4.79 Å². The molecule has 0 aromatic heterocycles. The Morgan fingerprint density at radius 2 is 2.00 bits per heavy atom. The molecule has 1 amide bonds. The zero-order valence-corrected chi connectivity index (χ0v) is 9.84. The van der Waals surface area contributed by atoms with Crippen LogP contribution >= 0.6 is 0 Å². The number of piperidine rings is 1. The zero-order chi connectivity index (χ0) is 11.7. The van der Waals surface area contributed by atoms with Gasteiger partial charge in [-0.2, -0.15) is 0 Å². The average Bonchev–Trinajstić information content (AvgIpc) is 2.40. The number of carbonyl (C=O) groups is 1. The summed E-state index contributed by atoms with van der Waals surface area (Å²) in [6.07, 6.45) is 4.23. The molecule has 0 spiro atoms. The first-order chi connectivity index (χ1) is 8.34. The molecule has 90 valence electrons. The fourth-order valence-electron chi connectivity index (χ4n) is 2.84. The van der Waals surface area contributed by atoms with Crippen LogP contribution in [0.5, 0.6) is 0 Å². The Morgan fingerprint density at radius 3 is 2.82 bits per heavy atom. The van der Waals surface area contributed by atoms with Crippen LogP contribution in [0.4, 0.5) is 4.79 Å². The van der Waals surface area contributed by atoms with Crippen molar-refractivity contribution < 1.29 is 9.53 Å². The minimum Gasteiger partial charge on any atom is -0.441 e. The van der Waals surface area contributed by atoms with Gasteiger partial charge in [0.1, 0.15) is 6.10 Å². The number of ether oxygens (including phenoxy) is 1. The van der Waals surface area contributed by atoms with Gasteiger partial charge in [0.15, 0.2) is 0 Å². The lowest BCUT2D eigenvalue weighted by Crippen LogP contribution is -2.48. The topological polar surface area (TPSA) is 29.5 Å². The fraction of sp³-hybridized carbons (Fsp3) is 0.500. The number of amides is 1. The second-order valence-corrected chi connectivity index (χ2v) is 4.86. The van der Waals surface area contributed by atoms with E-state index in [1.807, 2.05) is 35.2 Å². The van der Waals surface area contributed by atoms with Gasteiger partial charge in [0.2, 0.25) is 0 Å². The van der Waals surface area contributed by atoms with Gasteiger partial charge in [0, 0.05) is 19.0 Å². The highest BCUT2D eigenvalue weighted by molar-refractivity contribution is 5.69. The molecule has 0 aliphatic carbocycles. The molecule has 3 heteroatoms. The van der Waals surface area contributed by atoms with Crippen molar-refractivity contribution in [3.8, 4) is 0 Å². The van der Waals surface area contributed by atoms with Gasteiger partial charge in [-0.05, 0) is 24.8 Å². The van der Waals surface area contributed by atoms with Crippen molar-refractivity contribution >= 4 is 6.09 Å². The van der Waals surface area contributed by atoms with E-state index in [1.54, 1.807) is 0 Å². The maximum Gasteiger partial charge on any atom is 0.410 e. The third kappa shape index (κ3) is 2.02. The van der Waals surface area contributed by atoms with Crippen LogP contribution in [0, 0.1) is 0 Å². The van der Waals surface area contributed by atoms with Gasteiger partial charge in [0.25, 0.3) is 0 Å². The standard InChI is InChI=1S/C14H17NO2/c16-14-15-9-5-4-8-12(15)10-13(17-14)11-6-2-1-3-7-11/h1-3,6-7,12-13H,4-5,8-10H2/t12-,13-/m1/s1. The first kappa shape index (κ1) is 10.6. The van der Waals surface area contributed by atoms with E-state index in [2.05, 4.69) is 0 Å². The number of cyclic esters (lactones) is 1. The lowest BCUT2D eigenvalue weighted by molar-refractivity contribution is -0.0138. The van der Waals surface area contributed by atoms with E-state index in [-0.39, 0.29) is 12.2 Å². The Labute approximate surface area is 101 Å². The van der Waals surface area contributed by atoms with Gasteiger partial charge < -0.3 is 9.64 Å². The molecule has 2 fully saturated rings. The molecule has 0 radical (unpaired) electrons. The number of carbonyl (C=O) groups excluding carboxylic acids is 1. The van der Waals surface area contributed by atoms with Crippen molar-refractivity contribution in [2.24, 2.45) is 0 Å². The van der Waals surface area contributed by atoms with Crippen molar-refractivity contribution in [2.75, 3.05) is 6.54 Å². The van der Waals surface area contributed by atoms with E-state index in [0.717, 1.165) is 31.4 Å². The normalized spacial score (nSPS) is 28.5. The molecule has 2 saturated heterocycles. The predicted molar refractivity (Wildman–Crippen MR) is 64.6 cm³/mol. The molecule has 0 unspecified atom stereocenters. The van der Waals surface area contributed by atoms with Crippen LogP contribution in [0.25, 0.3) is 0 Å². The van der Waals surface area contributed by atoms with E-state index < -0.39 is 0 Å². The van der Waals surface area contributed by atoms with E-state index in [0.29, 0.717) is 6.04 Å². The van der Waals surface area contributed by atoms with E-state index in [9.17, 15) is 4.79 Å². The molecule has 2 aliphatic rings. The Morgan fingerprint density at radius 1 is 1.18 bits per heavy atom. The molecule has 2 heterocycles. The number of fused-ring (bicyclic) bond motifs is 1. The fourth-order valence-corrected chi connectivity index (χ4v) is 2.84. The summed E-state index contributed by atoms with van der Waals surface area (Å²) in [6.45, 7) is 0.866. The summed E-state index contributed by atoms with van der Waals surface area (Å²) < 4.78 is 5.53. The molecule has 0 bridgehead atoms. The molecule has 0 saturated carbocycles. The predicted octanol–water partition coefficient (Wildman–Crippen LogP) is 3.12. The van der Waals surface area contributed by atoms with E-state index in [4.69, 9.17) is 4.74 Å². The average molecular weight is 231 g/mol. The molecule has 1 aromatic rings. The minimum atomic E-state index is -0.130. The molecule has 2 atom stereocenters. The number of rotatable bonds is 1. The highest BCUT2D eigenvalue weighted by Gasteiger charge is 2.36. The first-order valence-electron chi connectivity index (χ1n) is 6.37. The second kappa shape index (κ2) is 4.40. The largest absolute Gasteiger partial charge is 0.441 e. The molecule has 0 N–H and O–H groups in total. The van der Waals surface area contributed by atoms with Gasteiger partial charge in [0.05, 0.1) is 0 Å². The highest BCUT2D eigenvalue weighted by Crippen LogP contribution is 2.34. The van der Waals surface area contributed by atoms with E-state index in [1.165, 1.54) is 6.42 Å². The van der Waals surface area contributed by atoms with Crippen molar-refractivity contribution in [1.29, 1.82) is 0 Å². The number of hydrogen-bond donors (Lipinski definition) is 0. The Bertz CT molecular complexity index is 404. The van der Waals surface area contributed by atoms with E-state index >= 15 is 0 Å². The third-order valence-electron chi connectivity index (χ3n) is 3.76. The molecule has 3 nitrogen and oxygen atoms in total. The van der Waals surface area contributed by atoms with Crippen LogP contribution in [0.2, 0.25) is 0 Å². The lowest BCUT2D eigenvalue weighted by atomic mass is 9.93. The van der Waals surface area contributed by atoms with Crippen molar-refractivity contribution in [3.05, 3.63) is 35.9 Å². The second-order valence-electron chi connectivity index (χ2n) is 4.86. The Kier molecular flexibility index (Phi) is 2.75. The van der Waals surface area contributed by atoms with Crippen molar-refractivity contribution in [3.63, 3.8) is 0 Å². The maximum atomic E-state index is 11.9. The molecule has 1 aromatic carbocycles. The SMILES string of the molecule is O=C1O[C@@H](c2ccccc2)C[C@H]2CCCCN12. The number of benzene rings is 1. The van der Waals surface area contributed by atoms with Crippen LogP contribution < -0.4 is 0 Å². The molecular formula is C14H17NO2. The van der Waals surface area contributed by atoms with Crippen molar-refractivity contribution in [1.82, 2.24) is 4.90 Å². The summed E-state index contributed by atoms with van der Waals surface area (Å²) in [5, 5.41) is 0. The summed E-state index contributed by atoms with van der Waals surface area (Å²) in [6, 6.07) is 10.4. The van der Waals surface area contributed by atoms with Gasteiger partial charge in [-0.15, -0.1) is 0 Å². The molecule has 3 rings (SSSR count). The maximum absolute atomic E-state index is 11.9. The summed E-state index contributed by atoms with van der Waals surface area (Å²) in [5.41, 5.74) is 1.12. The summed E-state index contributed by atoms with van der Waals surface area (Å²) >= 11 is 0. The molecule has 17 heavy (non-hydrogen) atoms. The molecule has 2 aliphatic heterocycles. The minimum absolute atomic E-state index is 0.0527. The van der Waals surface area contributed by atoms with Crippen LogP contribution in [0.3, 0.4) is 0 Å². The van der Waals surface area contributed by atoms with Crippen LogP contribution in [0.15, 0.2) is 30.3 Å². The number of hydrogen-bond acceptors (Lipinski definition) is 2. The van der Waals surface area contributed by atoms with Crippen LogP contribution in [0.1, 0.15) is 37.4 Å². The lowest BCUT2D eigenvalue weighted by Gasteiger charge is -2.41. The van der Waals surface area contributed by atoms with Crippen molar-refractivity contribution in [2.45, 2.75) is 37.8 Å². The van der Waals surface area contributed by atoms with Crippen LogP contribution in [-0.4, -0.2) is 23.6 Å². The summed E-state index contributed by atoms with van der Waals surface area (Å²) in [7, 11) is 0. The van der Waals surface area contributed by atoms with Crippen LogP contribution in [-0.2, 0) is 4.74 Å². The number of nitrogens with zero attached hydrogens (tertiary/aromatic N) is 1. The third-order valence-corrected chi connectivity index (χ3v) is 3.76. The zero-order valence-electron chi connectivity index (χ0n) is 9.84. The highest BCUT2D eigenvalue weighted by atomic mass is 16.6. The summed E-state index contributed by atoms with van der Waals surface area (Å²) in [4.78, 5) is 13.8. The smallest absolute Gasteiger partial charge is 0.410 e. The monoisotopic (exact) mass is 231 g/mol. The van der Waals surface area contributed by atoms with Gasteiger partial charge >= 0.3 is 6.09 Å². The quantitative estimate of drug-likeness (QED) is 0.743. The van der Waals surface area contributed by atoms with Gasteiger partial charge in [-0.1, -0.05) is 30.3 Å². The molecular weight excluding hydrogens is 214 g/mol. The Hall–Kier alpha value is -1.51. The summed E-state index contributed by atoms with van der Waals surface area (Å²) in [5.74, 6) is 0.